The molecule has 2 rings (SSSR count). The highest BCUT2D eigenvalue weighted by Crippen LogP contribution is 2.27. The third kappa shape index (κ3) is 1.87. The average Bonchev–Trinajstić information content (AvgIpc) is 2.60. The Morgan fingerprint density at radius 2 is 2.25 bits per heavy atom. The Labute approximate surface area is 94.8 Å². The molecule has 1 aliphatic rings. The maximum Gasteiger partial charge on any atom is 0.192 e. The van der Waals surface area contributed by atoms with Gasteiger partial charge in [0.25, 0.3) is 0 Å². The van der Waals surface area contributed by atoms with Crippen LogP contribution in [0.25, 0.3) is 0 Å². The molecule has 0 saturated heterocycles. The van der Waals surface area contributed by atoms with Gasteiger partial charge in [-0.05, 0) is 31.5 Å². The van der Waals surface area contributed by atoms with Gasteiger partial charge in [-0.15, -0.1) is 0 Å². The van der Waals surface area contributed by atoms with E-state index in [-0.39, 0.29) is 17.9 Å². The molecule has 0 bridgehead atoms. The second kappa shape index (κ2) is 4.12. The number of nitrogens with zero attached hydrogens (tertiary/aromatic N) is 2. The summed E-state index contributed by atoms with van der Waals surface area (Å²) in [5.41, 5.74) is 6.76. The molecule has 86 valence electrons. The van der Waals surface area contributed by atoms with Crippen LogP contribution in [0.5, 0.6) is 0 Å². The maximum atomic E-state index is 13.2. The minimum absolute atomic E-state index is 0.0655. The Balaban J connectivity index is 2.29. The predicted octanol–water partition coefficient (Wildman–Crippen LogP) is 1.91. The second-order valence-electron chi connectivity index (χ2n) is 4.27. The first-order valence-corrected chi connectivity index (χ1v) is 5.43. The molecule has 1 heterocycles. The summed E-state index contributed by atoms with van der Waals surface area (Å²) in [5, 5.41) is 0. The van der Waals surface area contributed by atoms with Crippen molar-refractivity contribution in [3.8, 4) is 0 Å². The second-order valence-corrected chi connectivity index (χ2v) is 4.27. The molecule has 0 aromatic heterocycles. The Morgan fingerprint density at radius 3 is 2.88 bits per heavy atom. The summed E-state index contributed by atoms with van der Waals surface area (Å²) in [6.07, 6.45) is 0. The number of benzene rings is 1. The lowest BCUT2D eigenvalue weighted by atomic mass is 10.1. The lowest BCUT2D eigenvalue weighted by Crippen LogP contribution is -2.40. The fourth-order valence-electron chi connectivity index (χ4n) is 2.11. The summed E-state index contributed by atoms with van der Waals surface area (Å²) in [4.78, 5) is 6.25. The monoisotopic (exact) mass is 221 g/mol. The number of guanidine groups is 1. The molecule has 4 heteroatoms. The quantitative estimate of drug-likeness (QED) is 0.828. The maximum absolute atomic E-state index is 13.2. The lowest BCUT2D eigenvalue weighted by Gasteiger charge is -2.30. The summed E-state index contributed by atoms with van der Waals surface area (Å²) in [5.74, 6) is 0.330. The minimum Gasteiger partial charge on any atom is -0.370 e. The SMILES string of the molecule is CC(C)N1C(N)=NCC1c1cccc(F)c1. The van der Waals surface area contributed by atoms with Crippen molar-refractivity contribution >= 4 is 5.96 Å². The average molecular weight is 221 g/mol. The topological polar surface area (TPSA) is 41.6 Å². The van der Waals surface area contributed by atoms with Gasteiger partial charge in [0.15, 0.2) is 5.96 Å². The number of rotatable bonds is 2. The number of hydrogen-bond donors (Lipinski definition) is 1. The Hall–Kier alpha value is -1.58. The Bertz CT molecular complexity index is 414. The minimum atomic E-state index is -0.216. The van der Waals surface area contributed by atoms with Gasteiger partial charge in [-0.25, -0.2) is 4.39 Å². The van der Waals surface area contributed by atoms with Gasteiger partial charge >= 0.3 is 0 Å². The molecule has 0 fully saturated rings. The van der Waals surface area contributed by atoms with Crippen molar-refractivity contribution in [3.05, 3.63) is 35.6 Å². The summed E-state index contributed by atoms with van der Waals surface area (Å²) in [7, 11) is 0. The predicted molar refractivity (Wildman–Crippen MR) is 62.6 cm³/mol. The molecule has 1 unspecified atom stereocenters. The highest BCUT2D eigenvalue weighted by atomic mass is 19.1. The molecule has 1 aromatic carbocycles. The van der Waals surface area contributed by atoms with Gasteiger partial charge in [0, 0.05) is 6.04 Å². The van der Waals surface area contributed by atoms with Crippen molar-refractivity contribution in [1.29, 1.82) is 0 Å². The highest BCUT2D eigenvalue weighted by Gasteiger charge is 2.29. The van der Waals surface area contributed by atoms with Gasteiger partial charge in [-0.1, -0.05) is 12.1 Å². The van der Waals surface area contributed by atoms with Crippen molar-refractivity contribution in [2.45, 2.75) is 25.9 Å². The molecule has 16 heavy (non-hydrogen) atoms. The molecule has 1 aliphatic heterocycles. The van der Waals surface area contributed by atoms with E-state index >= 15 is 0 Å². The van der Waals surface area contributed by atoms with E-state index in [0.717, 1.165) is 5.56 Å². The van der Waals surface area contributed by atoms with Gasteiger partial charge in [0.05, 0.1) is 12.6 Å². The first kappa shape index (κ1) is 10.9. The normalized spacial score (nSPS) is 20.4. The zero-order chi connectivity index (χ0) is 11.7. The molecular weight excluding hydrogens is 205 g/mol. The van der Waals surface area contributed by atoms with E-state index < -0.39 is 0 Å². The fraction of sp³-hybridized carbons (Fsp3) is 0.417. The van der Waals surface area contributed by atoms with Gasteiger partial charge < -0.3 is 10.6 Å². The largest absolute Gasteiger partial charge is 0.370 e. The van der Waals surface area contributed by atoms with Crippen LogP contribution in [-0.4, -0.2) is 23.4 Å². The Morgan fingerprint density at radius 1 is 1.50 bits per heavy atom. The summed E-state index contributed by atoms with van der Waals surface area (Å²) < 4.78 is 13.2. The number of nitrogens with two attached hydrogens (primary N) is 1. The zero-order valence-corrected chi connectivity index (χ0v) is 9.52. The van der Waals surface area contributed by atoms with Crippen LogP contribution >= 0.6 is 0 Å². The van der Waals surface area contributed by atoms with E-state index in [1.54, 1.807) is 12.1 Å². The molecule has 1 aromatic rings. The molecular formula is C12H16FN3. The van der Waals surface area contributed by atoms with Crippen LogP contribution in [0.15, 0.2) is 29.3 Å². The van der Waals surface area contributed by atoms with E-state index in [2.05, 4.69) is 18.8 Å². The van der Waals surface area contributed by atoms with Crippen molar-refractivity contribution in [2.24, 2.45) is 10.7 Å². The van der Waals surface area contributed by atoms with Crippen LogP contribution < -0.4 is 5.73 Å². The first-order valence-electron chi connectivity index (χ1n) is 5.43. The molecule has 0 aliphatic carbocycles. The van der Waals surface area contributed by atoms with Crippen LogP contribution in [-0.2, 0) is 0 Å². The van der Waals surface area contributed by atoms with E-state index in [1.807, 2.05) is 11.0 Å². The van der Waals surface area contributed by atoms with Crippen LogP contribution in [0.3, 0.4) is 0 Å². The van der Waals surface area contributed by atoms with Gasteiger partial charge in [0.2, 0.25) is 0 Å². The van der Waals surface area contributed by atoms with E-state index in [0.29, 0.717) is 12.5 Å². The fourth-order valence-corrected chi connectivity index (χ4v) is 2.11. The third-order valence-electron chi connectivity index (χ3n) is 2.82. The molecule has 3 nitrogen and oxygen atoms in total. The summed E-state index contributed by atoms with van der Waals surface area (Å²) in [6.45, 7) is 4.72. The Kier molecular flexibility index (Phi) is 2.81. The van der Waals surface area contributed by atoms with Crippen molar-refractivity contribution in [3.63, 3.8) is 0 Å². The van der Waals surface area contributed by atoms with E-state index in [9.17, 15) is 4.39 Å². The van der Waals surface area contributed by atoms with Crippen LogP contribution in [0, 0.1) is 5.82 Å². The molecule has 0 radical (unpaired) electrons. The zero-order valence-electron chi connectivity index (χ0n) is 9.52. The van der Waals surface area contributed by atoms with E-state index in [4.69, 9.17) is 5.73 Å². The summed E-state index contributed by atoms with van der Waals surface area (Å²) in [6, 6.07) is 6.96. The first-order chi connectivity index (χ1) is 7.59. The van der Waals surface area contributed by atoms with Gasteiger partial charge in [0.1, 0.15) is 5.82 Å². The number of halogens is 1. The van der Waals surface area contributed by atoms with E-state index in [1.165, 1.54) is 6.07 Å². The highest BCUT2D eigenvalue weighted by molar-refractivity contribution is 5.80. The van der Waals surface area contributed by atoms with Crippen molar-refractivity contribution in [1.82, 2.24) is 4.90 Å². The third-order valence-corrected chi connectivity index (χ3v) is 2.82. The standard InChI is InChI=1S/C12H16FN3/c1-8(2)16-11(7-15-12(16)14)9-4-3-5-10(13)6-9/h3-6,8,11H,7H2,1-2H3,(H2,14,15). The molecule has 0 spiro atoms. The van der Waals surface area contributed by atoms with Gasteiger partial charge in [-0.2, -0.15) is 0 Å². The van der Waals surface area contributed by atoms with Crippen LogP contribution in [0.4, 0.5) is 4.39 Å². The summed E-state index contributed by atoms with van der Waals surface area (Å²) >= 11 is 0. The molecule has 2 N–H and O–H groups in total. The van der Waals surface area contributed by atoms with Crippen molar-refractivity contribution in [2.75, 3.05) is 6.54 Å². The number of hydrogen-bond acceptors (Lipinski definition) is 3. The lowest BCUT2D eigenvalue weighted by molar-refractivity contribution is 0.289. The number of aliphatic imine (C=N–C) groups is 1. The smallest absolute Gasteiger partial charge is 0.192 e. The van der Waals surface area contributed by atoms with Crippen LogP contribution in [0.2, 0.25) is 0 Å². The van der Waals surface area contributed by atoms with Gasteiger partial charge in [-0.3, -0.25) is 4.99 Å². The molecule has 0 saturated carbocycles. The molecule has 0 amide bonds. The molecule has 1 atom stereocenters. The van der Waals surface area contributed by atoms with Crippen LogP contribution in [0.1, 0.15) is 25.5 Å². The van der Waals surface area contributed by atoms with Crippen molar-refractivity contribution < 1.29 is 4.39 Å².